The molecule has 6 heteroatoms. The molecular formula is C24H20N2O4. The van der Waals surface area contributed by atoms with Crippen LogP contribution in [0.25, 0.3) is 5.57 Å². The summed E-state index contributed by atoms with van der Waals surface area (Å²) in [6, 6.07) is 23.2. The van der Waals surface area contributed by atoms with Gasteiger partial charge < -0.3 is 14.8 Å². The Hall–Kier alpha value is -4.06. The van der Waals surface area contributed by atoms with E-state index >= 15 is 0 Å². The molecule has 0 spiro atoms. The first-order valence-electron chi connectivity index (χ1n) is 9.36. The van der Waals surface area contributed by atoms with Gasteiger partial charge in [-0.3, -0.25) is 9.59 Å². The van der Waals surface area contributed by atoms with Crippen LogP contribution in [0.4, 0.5) is 11.4 Å². The molecule has 0 aromatic heterocycles. The van der Waals surface area contributed by atoms with Gasteiger partial charge in [-0.05, 0) is 42.0 Å². The van der Waals surface area contributed by atoms with E-state index in [-0.39, 0.29) is 5.70 Å². The Balaban J connectivity index is 1.80. The van der Waals surface area contributed by atoms with Crippen molar-refractivity contribution in [1.29, 1.82) is 0 Å². The molecule has 0 aliphatic carbocycles. The number of hydrogen-bond acceptors (Lipinski definition) is 5. The number of nitrogens with one attached hydrogen (secondary N) is 1. The van der Waals surface area contributed by atoms with Crippen LogP contribution in [-0.4, -0.2) is 26.0 Å². The number of carbonyl (C=O) groups excluding carboxylic acids is 2. The number of para-hydroxylation sites is 2. The zero-order chi connectivity index (χ0) is 21.1. The molecule has 3 aromatic carbocycles. The van der Waals surface area contributed by atoms with Crippen molar-refractivity contribution < 1.29 is 19.1 Å². The molecule has 30 heavy (non-hydrogen) atoms. The minimum Gasteiger partial charge on any atom is -0.497 e. The molecule has 0 radical (unpaired) electrons. The Morgan fingerprint density at radius 2 is 1.40 bits per heavy atom. The fraction of sp³-hybridized carbons (Fsp3) is 0.0833. The lowest BCUT2D eigenvalue weighted by atomic mass is 10.0. The number of methoxy groups -OCH3 is 2. The van der Waals surface area contributed by atoms with Gasteiger partial charge in [0.05, 0.1) is 25.5 Å². The van der Waals surface area contributed by atoms with Crippen molar-refractivity contribution in [3.63, 3.8) is 0 Å². The molecule has 1 N–H and O–H groups in total. The summed E-state index contributed by atoms with van der Waals surface area (Å²) in [5, 5.41) is 3.13. The zero-order valence-electron chi connectivity index (χ0n) is 16.6. The van der Waals surface area contributed by atoms with Gasteiger partial charge in [-0.25, -0.2) is 4.90 Å². The maximum absolute atomic E-state index is 13.4. The zero-order valence-corrected chi connectivity index (χ0v) is 16.6. The molecule has 1 aliphatic rings. The number of ether oxygens (including phenoxy) is 2. The molecular weight excluding hydrogens is 380 g/mol. The third-order valence-electron chi connectivity index (χ3n) is 4.83. The summed E-state index contributed by atoms with van der Waals surface area (Å²) >= 11 is 0. The highest BCUT2D eigenvalue weighted by Crippen LogP contribution is 2.37. The average molecular weight is 400 g/mol. The van der Waals surface area contributed by atoms with Crippen molar-refractivity contribution in [1.82, 2.24) is 0 Å². The largest absolute Gasteiger partial charge is 0.497 e. The van der Waals surface area contributed by atoms with Crippen molar-refractivity contribution in [2.24, 2.45) is 0 Å². The maximum atomic E-state index is 13.4. The first-order valence-corrected chi connectivity index (χ1v) is 9.36. The summed E-state index contributed by atoms with van der Waals surface area (Å²) in [6.07, 6.45) is 0. The first-order chi connectivity index (χ1) is 14.6. The quantitative estimate of drug-likeness (QED) is 0.631. The van der Waals surface area contributed by atoms with Crippen LogP contribution in [0, 0.1) is 0 Å². The molecule has 0 bridgehead atoms. The summed E-state index contributed by atoms with van der Waals surface area (Å²) in [7, 11) is 3.09. The van der Waals surface area contributed by atoms with Gasteiger partial charge in [0.25, 0.3) is 11.8 Å². The number of imide groups is 1. The standard InChI is InChI=1S/C24H20N2O4/c1-29-18-14-12-17(13-15-18)25-22-21(16-8-4-3-5-9-16)23(27)26(24(22)28)19-10-6-7-11-20(19)30-2/h3-15,25H,1-2H3. The number of benzene rings is 3. The molecule has 2 amide bonds. The van der Waals surface area contributed by atoms with Crippen LogP contribution in [0.2, 0.25) is 0 Å². The predicted molar refractivity (Wildman–Crippen MR) is 115 cm³/mol. The van der Waals surface area contributed by atoms with Crippen LogP contribution in [0.15, 0.2) is 84.6 Å². The molecule has 0 fully saturated rings. The van der Waals surface area contributed by atoms with E-state index in [0.29, 0.717) is 34.0 Å². The number of carbonyl (C=O) groups is 2. The number of anilines is 2. The van der Waals surface area contributed by atoms with E-state index in [2.05, 4.69) is 5.32 Å². The normalized spacial score (nSPS) is 13.6. The van der Waals surface area contributed by atoms with E-state index in [4.69, 9.17) is 9.47 Å². The fourth-order valence-corrected chi connectivity index (χ4v) is 3.37. The highest BCUT2D eigenvalue weighted by atomic mass is 16.5. The van der Waals surface area contributed by atoms with E-state index in [1.165, 1.54) is 7.11 Å². The fourth-order valence-electron chi connectivity index (χ4n) is 3.37. The van der Waals surface area contributed by atoms with Crippen molar-refractivity contribution in [2.75, 3.05) is 24.4 Å². The Bertz CT molecular complexity index is 1120. The second-order valence-electron chi connectivity index (χ2n) is 6.59. The molecule has 0 saturated heterocycles. The highest BCUT2D eigenvalue weighted by molar-refractivity contribution is 6.46. The monoisotopic (exact) mass is 400 g/mol. The second kappa shape index (κ2) is 8.13. The smallest absolute Gasteiger partial charge is 0.282 e. The first kappa shape index (κ1) is 19.3. The van der Waals surface area contributed by atoms with Crippen molar-refractivity contribution >= 4 is 28.8 Å². The van der Waals surface area contributed by atoms with Gasteiger partial charge in [-0.1, -0.05) is 42.5 Å². The summed E-state index contributed by atoms with van der Waals surface area (Å²) in [4.78, 5) is 28.0. The molecule has 0 atom stereocenters. The third kappa shape index (κ3) is 3.39. The van der Waals surface area contributed by atoms with Crippen molar-refractivity contribution in [3.8, 4) is 11.5 Å². The third-order valence-corrected chi connectivity index (χ3v) is 4.83. The predicted octanol–water partition coefficient (Wildman–Crippen LogP) is 4.10. The molecule has 4 rings (SSSR count). The van der Waals surface area contributed by atoms with Gasteiger partial charge in [-0.15, -0.1) is 0 Å². The lowest BCUT2D eigenvalue weighted by molar-refractivity contribution is -0.120. The molecule has 1 aliphatic heterocycles. The van der Waals surface area contributed by atoms with E-state index in [9.17, 15) is 9.59 Å². The topological polar surface area (TPSA) is 67.9 Å². The van der Waals surface area contributed by atoms with Gasteiger partial charge >= 0.3 is 0 Å². The maximum Gasteiger partial charge on any atom is 0.282 e. The molecule has 150 valence electrons. The molecule has 0 saturated carbocycles. The Kier molecular flexibility index (Phi) is 5.22. The lowest BCUT2D eigenvalue weighted by Gasteiger charge is -2.18. The number of amides is 2. The summed E-state index contributed by atoms with van der Waals surface area (Å²) in [6.45, 7) is 0. The molecule has 6 nitrogen and oxygen atoms in total. The number of hydrogen-bond donors (Lipinski definition) is 1. The Labute approximate surface area is 174 Å². The molecule has 0 unspecified atom stereocenters. The summed E-state index contributed by atoms with van der Waals surface area (Å²) in [5.74, 6) is 0.283. The second-order valence-corrected chi connectivity index (χ2v) is 6.59. The van der Waals surface area contributed by atoms with E-state index in [0.717, 1.165) is 4.90 Å². The molecule has 1 heterocycles. The van der Waals surface area contributed by atoms with Gasteiger partial charge in [0, 0.05) is 5.69 Å². The summed E-state index contributed by atoms with van der Waals surface area (Å²) in [5.41, 5.74) is 2.24. The van der Waals surface area contributed by atoms with Crippen LogP contribution < -0.4 is 19.7 Å². The Morgan fingerprint density at radius 3 is 2.07 bits per heavy atom. The van der Waals surface area contributed by atoms with Gasteiger partial charge in [-0.2, -0.15) is 0 Å². The van der Waals surface area contributed by atoms with Crippen molar-refractivity contribution in [2.45, 2.75) is 0 Å². The number of rotatable bonds is 6. The minimum absolute atomic E-state index is 0.210. The van der Waals surface area contributed by atoms with Crippen LogP contribution in [0.5, 0.6) is 11.5 Å². The van der Waals surface area contributed by atoms with Gasteiger partial charge in [0.1, 0.15) is 17.2 Å². The van der Waals surface area contributed by atoms with E-state index in [1.807, 2.05) is 30.3 Å². The minimum atomic E-state index is -0.445. The highest BCUT2D eigenvalue weighted by Gasteiger charge is 2.41. The van der Waals surface area contributed by atoms with E-state index < -0.39 is 11.8 Å². The van der Waals surface area contributed by atoms with Crippen LogP contribution in [-0.2, 0) is 9.59 Å². The SMILES string of the molecule is COc1ccc(NC2=C(c3ccccc3)C(=O)N(c3ccccc3OC)C2=O)cc1. The van der Waals surface area contributed by atoms with Crippen LogP contribution >= 0.6 is 0 Å². The van der Waals surface area contributed by atoms with Gasteiger partial charge in [0.2, 0.25) is 0 Å². The lowest BCUT2D eigenvalue weighted by Crippen LogP contribution is -2.32. The summed E-state index contributed by atoms with van der Waals surface area (Å²) < 4.78 is 10.6. The number of nitrogens with zero attached hydrogens (tertiary/aromatic N) is 1. The molecule has 3 aromatic rings. The van der Waals surface area contributed by atoms with Crippen LogP contribution in [0.1, 0.15) is 5.56 Å². The Morgan fingerprint density at radius 1 is 0.733 bits per heavy atom. The average Bonchev–Trinajstić information content (AvgIpc) is 3.04. The van der Waals surface area contributed by atoms with Crippen LogP contribution in [0.3, 0.4) is 0 Å². The van der Waals surface area contributed by atoms with E-state index in [1.54, 1.807) is 55.6 Å². The van der Waals surface area contributed by atoms with Crippen molar-refractivity contribution in [3.05, 3.63) is 90.1 Å². The van der Waals surface area contributed by atoms with Gasteiger partial charge in [0.15, 0.2) is 0 Å².